The van der Waals surface area contributed by atoms with Crippen LogP contribution in [0.2, 0.25) is 0 Å². The van der Waals surface area contributed by atoms with Crippen molar-refractivity contribution in [2.24, 2.45) is 0 Å². The predicted octanol–water partition coefficient (Wildman–Crippen LogP) is 6.20. The van der Waals surface area contributed by atoms with Gasteiger partial charge in [0, 0.05) is 13.2 Å². The summed E-state index contributed by atoms with van der Waals surface area (Å²) in [7, 11) is 0. The molecule has 0 fully saturated rings. The van der Waals surface area contributed by atoms with E-state index in [0.29, 0.717) is 66.1 Å². The van der Waals surface area contributed by atoms with Crippen molar-refractivity contribution in [1.82, 2.24) is 0 Å². The van der Waals surface area contributed by atoms with Crippen molar-refractivity contribution >= 4 is 0 Å². The van der Waals surface area contributed by atoms with Crippen LogP contribution in [0.15, 0.2) is 0 Å². The Morgan fingerprint density at radius 2 is 0.485 bits per heavy atom. The molecule has 0 saturated heterocycles. The Hall–Kier alpha value is -0.240. The second-order valence-electron chi connectivity index (χ2n) is 8.56. The number of hydrogen-bond donors (Lipinski definition) is 0. The average molecular weight is 477 g/mol. The Morgan fingerprint density at radius 1 is 0.242 bits per heavy atom. The SMILES string of the molecule is CCCCCCCCCCCCCOCCOCCOCCOCCOCCOCCCC. The summed E-state index contributed by atoms with van der Waals surface area (Å²) >= 11 is 0. The molecule has 33 heavy (non-hydrogen) atoms. The van der Waals surface area contributed by atoms with Gasteiger partial charge in [-0.05, 0) is 12.8 Å². The molecule has 0 atom stereocenters. The van der Waals surface area contributed by atoms with Gasteiger partial charge in [0.1, 0.15) is 0 Å². The van der Waals surface area contributed by atoms with Gasteiger partial charge in [-0.25, -0.2) is 0 Å². The van der Waals surface area contributed by atoms with Crippen LogP contribution in [0.5, 0.6) is 0 Å². The first kappa shape index (κ1) is 32.8. The fourth-order valence-corrected chi connectivity index (χ4v) is 3.32. The molecule has 6 nitrogen and oxygen atoms in total. The minimum atomic E-state index is 0.582. The van der Waals surface area contributed by atoms with E-state index in [1.54, 1.807) is 0 Å². The van der Waals surface area contributed by atoms with Crippen LogP contribution in [0, 0.1) is 0 Å². The van der Waals surface area contributed by atoms with Crippen LogP contribution < -0.4 is 0 Å². The van der Waals surface area contributed by atoms with Crippen LogP contribution in [-0.2, 0) is 28.4 Å². The fourth-order valence-electron chi connectivity index (χ4n) is 3.32. The molecule has 0 spiro atoms. The van der Waals surface area contributed by atoms with Gasteiger partial charge < -0.3 is 28.4 Å². The van der Waals surface area contributed by atoms with Crippen LogP contribution in [0.3, 0.4) is 0 Å². The number of unbranched alkanes of at least 4 members (excludes halogenated alkanes) is 11. The zero-order valence-electron chi connectivity index (χ0n) is 22.1. The smallest absolute Gasteiger partial charge is 0.0701 e. The summed E-state index contributed by atoms with van der Waals surface area (Å²) in [6, 6.07) is 0. The summed E-state index contributed by atoms with van der Waals surface area (Å²) in [5, 5.41) is 0. The molecule has 0 rings (SSSR count). The van der Waals surface area contributed by atoms with Gasteiger partial charge in [0.2, 0.25) is 0 Å². The van der Waals surface area contributed by atoms with Crippen LogP contribution >= 0.6 is 0 Å². The standard InChI is InChI=1S/C27H56O6/c1-3-5-7-8-9-10-11-12-13-14-15-17-29-19-21-31-23-25-33-27-26-32-24-22-30-20-18-28-16-6-4-2/h3-27H2,1-2H3. The van der Waals surface area contributed by atoms with Crippen LogP contribution in [-0.4, -0.2) is 79.3 Å². The van der Waals surface area contributed by atoms with Gasteiger partial charge in [0.15, 0.2) is 0 Å². The van der Waals surface area contributed by atoms with E-state index in [1.165, 1.54) is 64.2 Å². The van der Waals surface area contributed by atoms with Crippen molar-refractivity contribution in [3.8, 4) is 0 Å². The highest BCUT2D eigenvalue weighted by molar-refractivity contribution is 4.48. The number of hydrogen-bond acceptors (Lipinski definition) is 6. The van der Waals surface area contributed by atoms with Crippen LogP contribution in [0.4, 0.5) is 0 Å². The van der Waals surface area contributed by atoms with Gasteiger partial charge in [-0.3, -0.25) is 0 Å². The first-order chi connectivity index (χ1) is 16.4. The summed E-state index contributed by atoms with van der Waals surface area (Å²) in [6.45, 7) is 12.2. The average Bonchev–Trinajstić information content (AvgIpc) is 2.83. The Morgan fingerprint density at radius 3 is 0.818 bits per heavy atom. The van der Waals surface area contributed by atoms with Crippen molar-refractivity contribution in [2.45, 2.75) is 97.3 Å². The lowest BCUT2D eigenvalue weighted by Gasteiger charge is -2.08. The van der Waals surface area contributed by atoms with Crippen LogP contribution in [0.25, 0.3) is 0 Å². The summed E-state index contributed by atoms with van der Waals surface area (Å²) in [5.41, 5.74) is 0. The van der Waals surface area contributed by atoms with E-state index in [-0.39, 0.29) is 0 Å². The normalized spacial score (nSPS) is 11.5. The molecular formula is C27H56O6. The minimum absolute atomic E-state index is 0.582. The fraction of sp³-hybridized carbons (Fsp3) is 1.00. The number of rotatable bonds is 30. The van der Waals surface area contributed by atoms with Gasteiger partial charge in [0.05, 0.1) is 66.1 Å². The quantitative estimate of drug-likeness (QED) is 0.115. The summed E-state index contributed by atoms with van der Waals surface area (Å²) in [5.74, 6) is 0. The lowest BCUT2D eigenvalue weighted by atomic mass is 10.1. The molecule has 0 aliphatic heterocycles. The van der Waals surface area contributed by atoms with E-state index < -0.39 is 0 Å². The molecule has 0 aromatic rings. The highest BCUT2D eigenvalue weighted by atomic mass is 16.6. The topological polar surface area (TPSA) is 55.4 Å². The van der Waals surface area contributed by atoms with E-state index in [4.69, 9.17) is 28.4 Å². The van der Waals surface area contributed by atoms with Crippen molar-refractivity contribution in [3.05, 3.63) is 0 Å². The first-order valence-electron chi connectivity index (χ1n) is 13.9. The van der Waals surface area contributed by atoms with E-state index in [1.807, 2.05) is 0 Å². The molecule has 0 N–H and O–H groups in total. The van der Waals surface area contributed by atoms with Gasteiger partial charge in [-0.15, -0.1) is 0 Å². The second-order valence-corrected chi connectivity index (χ2v) is 8.56. The molecule has 0 aliphatic rings. The van der Waals surface area contributed by atoms with Crippen molar-refractivity contribution in [3.63, 3.8) is 0 Å². The molecule has 6 heteroatoms. The lowest BCUT2D eigenvalue weighted by Crippen LogP contribution is -2.14. The van der Waals surface area contributed by atoms with Crippen molar-refractivity contribution < 1.29 is 28.4 Å². The maximum Gasteiger partial charge on any atom is 0.0701 e. The molecule has 0 amide bonds. The molecule has 0 unspecified atom stereocenters. The zero-order valence-corrected chi connectivity index (χ0v) is 22.1. The molecule has 0 saturated carbocycles. The molecule has 200 valence electrons. The van der Waals surface area contributed by atoms with Gasteiger partial charge >= 0.3 is 0 Å². The highest BCUT2D eigenvalue weighted by Crippen LogP contribution is 2.11. The molecule has 0 heterocycles. The second kappa shape index (κ2) is 31.8. The van der Waals surface area contributed by atoms with E-state index in [2.05, 4.69) is 13.8 Å². The largest absolute Gasteiger partial charge is 0.379 e. The number of ether oxygens (including phenoxy) is 6. The summed E-state index contributed by atoms with van der Waals surface area (Å²) in [4.78, 5) is 0. The third-order valence-electron chi connectivity index (χ3n) is 5.39. The third-order valence-corrected chi connectivity index (χ3v) is 5.39. The summed E-state index contributed by atoms with van der Waals surface area (Å²) in [6.07, 6.45) is 17.3. The molecular weight excluding hydrogens is 420 g/mol. The maximum atomic E-state index is 5.64. The lowest BCUT2D eigenvalue weighted by molar-refractivity contribution is -0.0169. The molecule has 0 aliphatic carbocycles. The first-order valence-corrected chi connectivity index (χ1v) is 13.9. The van der Waals surface area contributed by atoms with Gasteiger partial charge in [0.25, 0.3) is 0 Å². The zero-order chi connectivity index (χ0) is 23.9. The van der Waals surface area contributed by atoms with Crippen molar-refractivity contribution in [2.75, 3.05) is 79.3 Å². The molecule has 0 bridgehead atoms. The Bertz CT molecular complexity index is 300. The van der Waals surface area contributed by atoms with E-state index in [9.17, 15) is 0 Å². The Balaban J connectivity index is 2.99. The molecule has 0 aromatic carbocycles. The van der Waals surface area contributed by atoms with Gasteiger partial charge in [-0.1, -0.05) is 84.5 Å². The van der Waals surface area contributed by atoms with Crippen molar-refractivity contribution in [1.29, 1.82) is 0 Å². The van der Waals surface area contributed by atoms with E-state index >= 15 is 0 Å². The van der Waals surface area contributed by atoms with Gasteiger partial charge in [-0.2, -0.15) is 0 Å². The Kier molecular flexibility index (Phi) is 31.5. The molecule has 0 radical (unpaired) electrons. The Labute approximate surface area is 205 Å². The monoisotopic (exact) mass is 476 g/mol. The summed E-state index contributed by atoms with van der Waals surface area (Å²) < 4.78 is 33.0. The van der Waals surface area contributed by atoms with Crippen LogP contribution in [0.1, 0.15) is 97.3 Å². The predicted molar refractivity (Wildman–Crippen MR) is 136 cm³/mol. The van der Waals surface area contributed by atoms with E-state index in [0.717, 1.165) is 32.5 Å². The minimum Gasteiger partial charge on any atom is -0.379 e. The third kappa shape index (κ3) is 31.8. The highest BCUT2D eigenvalue weighted by Gasteiger charge is 1.96. The molecule has 0 aromatic heterocycles. The maximum absolute atomic E-state index is 5.64.